The van der Waals surface area contributed by atoms with E-state index in [0.29, 0.717) is 6.04 Å². The Hall–Kier alpha value is -1.13. The van der Waals surface area contributed by atoms with Crippen LogP contribution in [-0.2, 0) is 6.54 Å². The number of imidazole rings is 1. The summed E-state index contributed by atoms with van der Waals surface area (Å²) in [5.74, 6) is 0.858. The lowest BCUT2D eigenvalue weighted by molar-refractivity contribution is 0.467. The summed E-state index contributed by atoms with van der Waals surface area (Å²) < 4.78 is 2.12. The van der Waals surface area contributed by atoms with Crippen LogP contribution in [0.3, 0.4) is 0 Å². The van der Waals surface area contributed by atoms with E-state index >= 15 is 0 Å². The summed E-state index contributed by atoms with van der Waals surface area (Å²) in [6.45, 7) is 2.00. The maximum Gasteiger partial charge on any atom is 0.0946 e. The van der Waals surface area contributed by atoms with E-state index in [2.05, 4.69) is 32.4 Å². The molecule has 1 saturated carbocycles. The van der Waals surface area contributed by atoms with E-state index < -0.39 is 0 Å². The number of hydrogen-bond acceptors (Lipinski definition) is 3. The van der Waals surface area contributed by atoms with Crippen molar-refractivity contribution >= 4 is 11.3 Å². The molecule has 4 heteroatoms. The van der Waals surface area contributed by atoms with Crippen molar-refractivity contribution < 1.29 is 0 Å². The molecular weight excluding hydrogens is 230 g/mol. The number of nitrogens with zero attached hydrogens (tertiary/aromatic N) is 2. The van der Waals surface area contributed by atoms with Gasteiger partial charge in [0.15, 0.2) is 0 Å². The number of rotatable bonds is 6. The molecule has 2 aromatic heterocycles. The van der Waals surface area contributed by atoms with Gasteiger partial charge >= 0.3 is 0 Å². The van der Waals surface area contributed by atoms with Gasteiger partial charge in [0.2, 0.25) is 0 Å². The molecule has 0 spiro atoms. The largest absolute Gasteiger partial charge is 0.336 e. The molecule has 0 aliphatic heterocycles. The van der Waals surface area contributed by atoms with Crippen LogP contribution < -0.4 is 5.32 Å². The standard InChI is InChI=1S/C13H17N3S/c1-2-12(17-9-1)13(11-3-4-11)15-6-8-16-7-5-14-10-16/h1-2,5,7,9-11,13,15H,3-4,6,8H2. The fourth-order valence-corrected chi connectivity index (χ4v) is 3.06. The second kappa shape index (κ2) is 5.02. The fraction of sp³-hybridized carbons (Fsp3) is 0.462. The average Bonchev–Trinajstić information content (AvgIpc) is 2.84. The van der Waals surface area contributed by atoms with Gasteiger partial charge in [0.1, 0.15) is 0 Å². The molecule has 0 bridgehead atoms. The molecule has 3 rings (SSSR count). The average molecular weight is 247 g/mol. The van der Waals surface area contributed by atoms with Gasteiger partial charge in [0.25, 0.3) is 0 Å². The second-order valence-electron chi connectivity index (χ2n) is 4.59. The minimum absolute atomic E-state index is 0.568. The Bertz CT molecular complexity index is 431. The molecule has 1 unspecified atom stereocenters. The van der Waals surface area contributed by atoms with Crippen LogP contribution in [-0.4, -0.2) is 16.1 Å². The van der Waals surface area contributed by atoms with Crippen molar-refractivity contribution in [3.8, 4) is 0 Å². The molecule has 90 valence electrons. The lowest BCUT2D eigenvalue weighted by Crippen LogP contribution is -2.25. The predicted molar refractivity (Wildman–Crippen MR) is 70.0 cm³/mol. The molecule has 2 heterocycles. The Balaban J connectivity index is 1.55. The Morgan fingerprint density at radius 2 is 2.47 bits per heavy atom. The van der Waals surface area contributed by atoms with Crippen molar-refractivity contribution in [2.75, 3.05) is 6.54 Å². The lowest BCUT2D eigenvalue weighted by Gasteiger charge is -2.16. The third kappa shape index (κ3) is 2.76. The van der Waals surface area contributed by atoms with E-state index in [9.17, 15) is 0 Å². The van der Waals surface area contributed by atoms with Crippen molar-refractivity contribution in [2.24, 2.45) is 5.92 Å². The highest BCUT2D eigenvalue weighted by Crippen LogP contribution is 2.42. The summed E-state index contributed by atoms with van der Waals surface area (Å²) in [7, 11) is 0. The molecule has 0 amide bonds. The monoisotopic (exact) mass is 247 g/mol. The van der Waals surface area contributed by atoms with Crippen LogP contribution in [0.4, 0.5) is 0 Å². The van der Waals surface area contributed by atoms with Crippen molar-refractivity contribution in [3.63, 3.8) is 0 Å². The van der Waals surface area contributed by atoms with Gasteiger partial charge in [-0.3, -0.25) is 0 Å². The first kappa shape index (κ1) is 11.0. The molecule has 1 aliphatic rings. The summed E-state index contributed by atoms with van der Waals surface area (Å²) >= 11 is 1.87. The maximum absolute atomic E-state index is 4.05. The Labute approximate surface area is 106 Å². The minimum atomic E-state index is 0.568. The van der Waals surface area contributed by atoms with E-state index in [1.54, 1.807) is 0 Å². The molecule has 17 heavy (non-hydrogen) atoms. The van der Waals surface area contributed by atoms with E-state index in [4.69, 9.17) is 0 Å². The van der Waals surface area contributed by atoms with Gasteiger partial charge in [-0.15, -0.1) is 11.3 Å². The van der Waals surface area contributed by atoms with Gasteiger partial charge in [-0.2, -0.15) is 0 Å². The van der Waals surface area contributed by atoms with Crippen molar-refractivity contribution in [1.82, 2.24) is 14.9 Å². The summed E-state index contributed by atoms with van der Waals surface area (Å²) in [6, 6.07) is 4.96. The van der Waals surface area contributed by atoms with E-state index in [1.165, 1.54) is 17.7 Å². The van der Waals surface area contributed by atoms with Crippen molar-refractivity contribution in [3.05, 3.63) is 41.1 Å². The van der Waals surface area contributed by atoms with Crippen LogP contribution in [0.25, 0.3) is 0 Å². The molecule has 3 nitrogen and oxygen atoms in total. The summed E-state index contributed by atoms with van der Waals surface area (Å²) in [6.07, 6.45) is 8.47. The highest BCUT2D eigenvalue weighted by Gasteiger charge is 2.32. The highest BCUT2D eigenvalue weighted by atomic mass is 32.1. The molecular formula is C13H17N3S. The van der Waals surface area contributed by atoms with Crippen LogP contribution in [0.1, 0.15) is 23.8 Å². The minimum Gasteiger partial charge on any atom is -0.336 e. The zero-order chi connectivity index (χ0) is 11.5. The lowest BCUT2D eigenvalue weighted by atomic mass is 10.1. The van der Waals surface area contributed by atoms with E-state index in [0.717, 1.165) is 19.0 Å². The Kier molecular flexibility index (Phi) is 3.25. The van der Waals surface area contributed by atoms with Crippen molar-refractivity contribution in [2.45, 2.75) is 25.4 Å². The summed E-state index contributed by atoms with van der Waals surface area (Å²) in [4.78, 5) is 5.54. The van der Waals surface area contributed by atoms with E-state index in [-0.39, 0.29) is 0 Å². The number of hydrogen-bond donors (Lipinski definition) is 1. The van der Waals surface area contributed by atoms with Gasteiger partial charge in [0.05, 0.1) is 6.33 Å². The van der Waals surface area contributed by atoms with Crippen LogP contribution in [0, 0.1) is 5.92 Å². The van der Waals surface area contributed by atoms with Crippen LogP contribution in [0.15, 0.2) is 36.2 Å². The zero-order valence-corrected chi connectivity index (χ0v) is 10.6. The van der Waals surface area contributed by atoms with Crippen LogP contribution in [0.2, 0.25) is 0 Å². The number of nitrogens with one attached hydrogen (secondary N) is 1. The third-order valence-corrected chi connectivity index (χ3v) is 4.19. The molecule has 1 fully saturated rings. The van der Waals surface area contributed by atoms with Gasteiger partial charge in [-0.05, 0) is 30.2 Å². The van der Waals surface area contributed by atoms with Crippen LogP contribution >= 0.6 is 11.3 Å². The molecule has 0 aromatic carbocycles. The van der Waals surface area contributed by atoms with Gasteiger partial charge < -0.3 is 9.88 Å². The first-order chi connectivity index (χ1) is 8.43. The normalized spacial score (nSPS) is 17.2. The van der Waals surface area contributed by atoms with E-state index in [1.807, 2.05) is 30.1 Å². The molecule has 1 atom stereocenters. The quantitative estimate of drug-likeness (QED) is 0.850. The molecule has 0 saturated heterocycles. The molecule has 2 aromatic rings. The topological polar surface area (TPSA) is 29.9 Å². The third-order valence-electron chi connectivity index (χ3n) is 3.24. The van der Waals surface area contributed by atoms with Crippen molar-refractivity contribution in [1.29, 1.82) is 0 Å². The van der Waals surface area contributed by atoms with Gasteiger partial charge in [-0.25, -0.2) is 4.98 Å². The Morgan fingerprint density at radius 3 is 3.12 bits per heavy atom. The summed E-state index contributed by atoms with van der Waals surface area (Å²) in [5, 5.41) is 5.85. The maximum atomic E-state index is 4.05. The number of aromatic nitrogens is 2. The predicted octanol–water partition coefficient (Wildman–Crippen LogP) is 2.69. The zero-order valence-electron chi connectivity index (χ0n) is 9.75. The molecule has 1 aliphatic carbocycles. The highest BCUT2D eigenvalue weighted by molar-refractivity contribution is 7.10. The van der Waals surface area contributed by atoms with Gasteiger partial charge in [-0.1, -0.05) is 6.07 Å². The van der Waals surface area contributed by atoms with Gasteiger partial charge in [0, 0.05) is 36.4 Å². The second-order valence-corrected chi connectivity index (χ2v) is 5.56. The molecule has 0 radical (unpaired) electrons. The van der Waals surface area contributed by atoms with Crippen LogP contribution in [0.5, 0.6) is 0 Å². The SMILES string of the molecule is c1csc(C(NCCn2ccnc2)C2CC2)c1. The first-order valence-corrected chi connectivity index (χ1v) is 7.04. The molecule has 1 N–H and O–H groups in total. The smallest absolute Gasteiger partial charge is 0.0946 e. The summed E-state index contributed by atoms with van der Waals surface area (Å²) in [5.41, 5.74) is 0. The Morgan fingerprint density at radius 1 is 1.53 bits per heavy atom. The first-order valence-electron chi connectivity index (χ1n) is 6.16. The number of thiophene rings is 1. The fourth-order valence-electron chi connectivity index (χ4n) is 2.17.